The Bertz CT molecular complexity index is 370. The lowest BCUT2D eigenvalue weighted by Gasteiger charge is -2.03. The second kappa shape index (κ2) is 5.19. The highest BCUT2D eigenvalue weighted by Crippen LogP contribution is 2.14. The molecule has 0 fully saturated rings. The number of halogens is 3. The molecule has 0 spiro atoms. The summed E-state index contributed by atoms with van der Waals surface area (Å²) in [5.74, 6) is 5.25. The van der Waals surface area contributed by atoms with Crippen molar-refractivity contribution in [3.8, 4) is 11.8 Å². The van der Waals surface area contributed by atoms with Gasteiger partial charge in [-0.05, 0) is 23.9 Å². The molecule has 5 heteroatoms. The van der Waals surface area contributed by atoms with E-state index in [2.05, 4.69) is 16.6 Å². The predicted octanol–water partition coefficient (Wildman–Crippen LogP) is 2.99. The normalized spacial score (nSPS) is 10.9. The molecule has 0 aliphatic heterocycles. The van der Waals surface area contributed by atoms with Crippen molar-refractivity contribution < 1.29 is 17.9 Å². The van der Waals surface area contributed by atoms with Crippen LogP contribution in [0, 0.1) is 18.8 Å². The summed E-state index contributed by atoms with van der Waals surface area (Å²) < 4.78 is 39.2. The van der Waals surface area contributed by atoms with Gasteiger partial charge in [-0.3, -0.25) is 0 Å². The summed E-state index contributed by atoms with van der Waals surface area (Å²) in [5.41, 5.74) is 1.10. The molecule has 1 aromatic rings. The molecule has 0 N–H and O–H groups in total. The van der Waals surface area contributed by atoms with Crippen molar-refractivity contribution in [2.75, 3.05) is 13.2 Å². The summed E-state index contributed by atoms with van der Waals surface area (Å²) in [6, 6.07) is 1.88. The molecule has 1 rings (SSSR count). The van der Waals surface area contributed by atoms with Crippen LogP contribution in [0.15, 0.2) is 11.4 Å². The Balaban J connectivity index is 2.29. The molecule has 0 amide bonds. The van der Waals surface area contributed by atoms with Crippen LogP contribution in [-0.2, 0) is 4.74 Å². The van der Waals surface area contributed by atoms with Gasteiger partial charge in [-0.15, -0.1) is 11.3 Å². The first-order chi connectivity index (χ1) is 6.97. The Morgan fingerprint density at radius 3 is 2.73 bits per heavy atom. The van der Waals surface area contributed by atoms with Gasteiger partial charge in [0.25, 0.3) is 0 Å². The maximum absolute atomic E-state index is 11.6. The number of rotatable bonds is 2. The minimum absolute atomic E-state index is 0.198. The van der Waals surface area contributed by atoms with Gasteiger partial charge >= 0.3 is 6.18 Å². The average molecular weight is 234 g/mol. The van der Waals surface area contributed by atoms with Crippen LogP contribution < -0.4 is 0 Å². The fraction of sp³-hybridized carbons (Fsp3) is 0.400. The van der Waals surface area contributed by atoms with Gasteiger partial charge in [0.2, 0.25) is 0 Å². The van der Waals surface area contributed by atoms with Gasteiger partial charge in [-0.1, -0.05) is 11.8 Å². The average Bonchev–Trinajstić information content (AvgIpc) is 2.49. The summed E-state index contributed by atoms with van der Waals surface area (Å²) in [4.78, 5) is 0.836. The van der Waals surface area contributed by atoms with Crippen molar-refractivity contribution >= 4 is 11.3 Å². The van der Waals surface area contributed by atoms with E-state index in [1.807, 2.05) is 18.4 Å². The summed E-state index contributed by atoms with van der Waals surface area (Å²) >= 11 is 1.46. The highest BCUT2D eigenvalue weighted by Gasteiger charge is 2.26. The van der Waals surface area contributed by atoms with Gasteiger partial charge in [-0.2, -0.15) is 13.2 Å². The lowest BCUT2D eigenvalue weighted by molar-refractivity contribution is -0.170. The summed E-state index contributed by atoms with van der Waals surface area (Å²) in [5, 5.41) is 1.93. The number of alkyl halides is 3. The van der Waals surface area contributed by atoms with Crippen molar-refractivity contribution in [3.63, 3.8) is 0 Å². The first-order valence-corrected chi connectivity index (χ1v) is 5.04. The number of aryl methyl sites for hydroxylation is 1. The smallest absolute Gasteiger partial charge is 0.359 e. The molecule has 0 saturated carbocycles. The molecule has 1 heterocycles. The van der Waals surface area contributed by atoms with E-state index in [0.717, 1.165) is 10.4 Å². The zero-order valence-electron chi connectivity index (χ0n) is 8.02. The van der Waals surface area contributed by atoms with Crippen LogP contribution in [-0.4, -0.2) is 19.4 Å². The van der Waals surface area contributed by atoms with Crippen LogP contribution >= 0.6 is 11.3 Å². The van der Waals surface area contributed by atoms with Gasteiger partial charge in [0.05, 0.1) is 4.88 Å². The van der Waals surface area contributed by atoms with Gasteiger partial charge in [0, 0.05) is 0 Å². The van der Waals surface area contributed by atoms with Crippen molar-refractivity contribution in [2.24, 2.45) is 0 Å². The Morgan fingerprint density at radius 2 is 2.20 bits per heavy atom. The monoisotopic (exact) mass is 234 g/mol. The molecule has 15 heavy (non-hydrogen) atoms. The quantitative estimate of drug-likeness (QED) is 0.564. The third-order valence-electron chi connectivity index (χ3n) is 1.38. The first-order valence-electron chi connectivity index (χ1n) is 4.16. The molecule has 0 aromatic carbocycles. The summed E-state index contributed by atoms with van der Waals surface area (Å²) in [6.45, 7) is 0.490. The second-order valence-electron chi connectivity index (χ2n) is 2.90. The third-order valence-corrected chi connectivity index (χ3v) is 2.35. The van der Waals surface area contributed by atoms with Crippen LogP contribution in [0.2, 0.25) is 0 Å². The van der Waals surface area contributed by atoms with Crippen LogP contribution in [0.4, 0.5) is 13.2 Å². The van der Waals surface area contributed by atoms with E-state index in [-0.39, 0.29) is 6.61 Å². The van der Waals surface area contributed by atoms with Gasteiger partial charge in [-0.25, -0.2) is 0 Å². The number of hydrogen-bond donors (Lipinski definition) is 0. The Morgan fingerprint density at radius 1 is 1.47 bits per heavy atom. The van der Waals surface area contributed by atoms with Gasteiger partial charge in [0.1, 0.15) is 13.2 Å². The zero-order valence-corrected chi connectivity index (χ0v) is 8.84. The molecule has 82 valence electrons. The lowest BCUT2D eigenvalue weighted by atomic mass is 10.3. The van der Waals surface area contributed by atoms with E-state index in [9.17, 15) is 13.2 Å². The SMILES string of the molecule is Cc1csc(C#CCOCC(F)(F)F)c1. The Kier molecular flexibility index (Phi) is 4.18. The number of thiophene rings is 1. The zero-order chi connectivity index (χ0) is 11.3. The molecule has 0 unspecified atom stereocenters. The van der Waals surface area contributed by atoms with E-state index in [1.165, 1.54) is 11.3 Å². The minimum atomic E-state index is -4.28. The topological polar surface area (TPSA) is 9.23 Å². The van der Waals surface area contributed by atoms with E-state index in [0.29, 0.717) is 0 Å². The molecular weight excluding hydrogens is 225 g/mol. The van der Waals surface area contributed by atoms with E-state index in [1.54, 1.807) is 0 Å². The van der Waals surface area contributed by atoms with Crippen molar-refractivity contribution in [1.29, 1.82) is 0 Å². The van der Waals surface area contributed by atoms with Crippen LogP contribution in [0.5, 0.6) is 0 Å². The molecule has 0 atom stereocenters. The molecule has 0 aliphatic carbocycles. The number of ether oxygens (including phenoxy) is 1. The summed E-state index contributed by atoms with van der Waals surface area (Å²) in [7, 11) is 0. The largest absolute Gasteiger partial charge is 0.411 e. The predicted molar refractivity (Wildman–Crippen MR) is 52.8 cm³/mol. The fourth-order valence-electron chi connectivity index (χ4n) is 0.838. The second-order valence-corrected chi connectivity index (χ2v) is 3.81. The highest BCUT2D eigenvalue weighted by atomic mass is 32.1. The Labute approximate surface area is 89.9 Å². The maximum atomic E-state index is 11.6. The standard InChI is InChI=1S/C10H9F3OS/c1-8-5-9(15-6-8)3-2-4-14-7-10(11,12)13/h5-6H,4,7H2,1H3. The molecule has 0 bridgehead atoms. The molecule has 0 saturated heterocycles. The van der Waals surface area contributed by atoms with E-state index in [4.69, 9.17) is 0 Å². The Hall–Kier alpha value is -0.990. The van der Waals surface area contributed by atoms with Crippen molar-refractivity contribution in [1.82, 2.24) is 0 Å². The van der Waals surface area contributed by atoms with Crippen molar-refractivity contribution in [3.05, 3.63) is 21.9 Å². The van der Waals surface area contributed by atoms with Crippen LogP contribution in [0.1, 0.15) is 10.4 Å². The van der Waals surface area contributed by atoms with Crippen LogP contribution in [0.3, 0.4) is 0 Å². The molecule has 0 aliphatic rings. The minimum Gasteiger partial charge on any atom is -0.359 e. The summed E-state index contributed by atoms with van der Waals surface area (Å²) in [6.07, 6.45) is -4.28. The molecule has 0 radical (unpaired) electrons. The van der Waals surface area contributed by atoms with Gasteiger partial charge in [0.15, 0.2) is 0 Å². The first kappa shape index (κ1) is 12.1. The van der Waals surface area contributed by atoms with Crippen molar-refractivity contribution in [2.45, 2.75) is 13.1 Å². The van der Waals surface area contributed by atoms with Crippen LogP contribution in [0.25, 0.3) is 0 Å². The molecular formula is C10H9F3OS. The molecule has 1 nitrogen and oxygen atoms in total. The number of hydrogen-bond acceptors (Lipinski definition) is 2. The van der Waals surface area contributed by atoms with E-state index >= 15 is 0 Å². The van der Waals surface area contributed by atoms with E-state index < -0.39 is 12.8 Å². The fourth-order valence-corrected chi connectivity index (χ4v) is 1.60. The maximum Gasteiger partial charge on any atom is 0.411 e. The van der Waals surface area contributed by atoms with Gasteiger partial charge < -0.3 is 4.74 Å². The third kappa shape index (κ3) is 5.45. The highest BCUT2D eigenvalue weighted by molar-refractivity contribution is 7.10. The molecule has 1 aromatic heterocycles. The lowest BCUT2D eigenvalue weighted by Crippen LogP contribution is -2.16.